The predicted octanol–water partition coefficient (Wildman–Crippen LogP) is 4.75. The van der Waals surface area contributed by atoms with Crippen molar-refractivity contribution in [1.29, 1.82) is 0 Å². The summed E-state index contributed by atoms with van der Waals surface area (Å²) in [6, 6.07) is 12.4. The fourth-order valence-corrected chi connectivity index (χ4v) is 2.38. The number of rotatable bonds is 4. The molecule has 0 aliphatic rings. The molecule has 0 saturated heterocycles. The fraction of sp³-hybridized carbons (Fsp3) is 0. The van der Waals surface area contributed by atoms with Crippen molar-refractivity contribution in [3.63, 3.8) is 0 Å². The summed E-state index contributed by atoms with van der Waals surface area (Å²) in [5, 5.41) is 4.48. The Morgan fingerprint density at radius 3 is 1.86 bits per heavy atom. The van der Waals surface area contributed by atoms with Gasteiger partial charge < -0.3 is 10.6 Å². The van der Waals surface area contributed by atoms with Crippen LogP contribution in [0.25, 0.3) is 0 Å². The zero-order chi connectivity index (χ0) is 20.3. The van der Waals surface area contributed by atoms with Crippen molar-refractivity contribution in [3.05, 3.63) is 95.1 Å². The molecule has 0 unspecified atom stereocenters. The van der Waals surface area contributed by atoms with Crippen LogP contribution >= 0.6 is 0 Å². The molecular formula is C20H12F4N2O2. The van der Waals surface area contributed by atoms with Crippen LogP contribution in [-0.2, 0) is 0 Å². The number of amides is 2. The molecule has 142 valence electrons. The zero-order valence-electron chi connectivity index (χ0n) is 14.1. The van der Waals surface area contributed by atoms with E-state index in [1.165, 1.54) is 42.5 Å². The number of carbonyl (C=O) groups is 2. The molecule has 0 bridgehead atoms. The number of nitrogens with one attached hydrogen (secondary N) is 2. The lowest BCUT2D eigenvalue weighted by Crippen LogP contribution is -2.17. The summed E-state index contributed by atoms with van der Waals surface area (Å²) >= 11 is 0. The first-order valence-corrected chi connectivity index (χ1v) is 7.97. The first kappa shape index (κ1) is 19.1. The minimum atomic E-state index is -1.71. The van der Waals surface area contributed by atoms with Gasteiger partial charge in [0.05, 0.1) is 11.4 Å². The van der Waals surface area contributed by atoms with Crippen molar-refractivity contribution < 1.29 is 27.2 Å². The average Bonchev–Trinajstić information content (AvgIpc) is 2.70. The maximum absolute atomic E-state index is 13.7. The van der Waals surface area contributed by atoms with E-state index < -0.39 is 40.8 Å². The van der Waals surface area contributed by atoms with E-state index in [1.807, 2.05) is 0 Å². The summed E-state index contributed by atoms with van der Waals surface area (Å²) in [5.74, 6) is -6.78. The third-order valence-electron chi connectivity index (χ3n) is 3.79. The number of para-hydroxylation sites is 1. The van der Waals surface area contributed by atoms with Gasteiger partial charge in [0.25, 0.3) is 11.8 Å². The molecule has 0 heterocycles. The first-order chi connectivity index (χ1) is 13.4. The zero-order valence-corrected chi connectivity index (χ0v) is 14.1. The molecule has 28 heavy (non-hydrogen) atoms. The lowest BCUT2D eigenvalue weighted by Gasteiger charge is -2.09. The molecule has 2 amide bonds. The summed E-state index contributed by atoms with van der Waals surface area (Å²) < 4.78 is 53.6. The number of halogens is 4. The van der Waals surface area contributed by atoms with E-state index in [4.69, 9.17) is 0 Å². The molecule has 0 atom stereocenters. The lowest BCUT2D eigenvalue weighted by molar-refractivity contribution is 0.102. The third kappa shape index (κ3) is 4.01. The quantitative estimate of drug-likeness (QED) is 0.501. The van der Waals surface area contributed by atoms with Gasteiger partial charge in [0.1, 0.15) is 5.82 Å². The maximum Gasteiger partial charge on any atom is 0.255 e. The number of hydrogen-bond donors (Lipinski definition) is 2. The summed E-state index contributed by atoms with van der Waals surface area (Å²) in [5.41, 5.74) is -0.580. The van der Waals surface area contributed by atoms with Crippen LogP contribution in [0, 0.1) is 23.3 Å². The summed E-state index contributed by atoms with van der Waals surface area (Å²) in [7, 11) is 0. The Morgan fingerprint density at radius 1 is 0.607 bits per heavy atom. The molecule has 0 aliphatic carbocycles. The molecule has 3 aromatic rings. The van der Waals surface area contributed by atoms with Crippen molar-refractivity contribution in [2.45, 2.75) is 0 Å². The predicted molar refractivity (Wildman–Crippen MR) is 95.1 cm³/mol. The van der Waals surface area contributed by atoms with Gasteiger partial charge in [-0.3, -0.25) is 9.59 Å². The van der Waals surface area contributed by atoms with Gasteiger partial charge in [-0.05, 0) is 42.5 Å². The molecule has 8 heteroatoms. The highest BCUT2D eigenvalue weighted by molar-refractivity contribution is 6.08. The van der Waals surface area contributed by atoms with E-state index in [0.29, 0.717) is 6.07 Å². The van der Waals surface area contributed by atoms with E-state index >= 15 is 0 Å². The first-order valence-electron chi connectivity index (χ1n) is 7.97. The highest BCUT2D eigenvalue weighted by Gasteiger charge is 2.17. The van der Waals surface area contributed by atoms with Crippen molar-refractivity contribution in [2.75, 3.05) is 10.6 Å². The topological polar surface area (TPSA) is 58.2 Å². The van der Waals surface area contributed by atoms with Crippen LogP contribution in [0.2, 0.25) is 0 Å². The molecule has 0 aromatic heterocycles. The van der Waals surface area contributed by atoms with E-state index in [0.717, 1.165) is 6.07 Å². The van der Waals surface area contributed by atoms with Gasteiger partial charge in [0.15, 0.2) is 17.5 Å². The Hall–Kier alpha value is -3.68. The van der Waals surface area contributed by atoms with E-state index in [-0.39, 0.29) is 16.8 Å². The van der Waals surface area contributed by atoms with Gasteiger partial charge >= 0.3 is 0 Å². The molecule has 4 nitrogen and oxygen atoms in total. The summed E-state index contributed by atoms with van der Waals surface area (Å²) in [6.45, 7) is 0. The SMILES string of the molecule is O=C(Nc1ccccc1F)c1cccc(C(=O)Nc2ccc(F)c(F)c2F)c1. The highest BCUT2D eigenvalue weighted by atomic mass is 19.2. The molecular weight excluding hydrogens is 376 g/mol. The summed E-state index contributed by atoms with van der Waals surface area (Å²) in [4.78, 5) is 24.5. The fourth-order valence-electron chi connectivity index (χ4n) is 2.38. The Balaban J connectivity index is 1.79. The van der Waals surface area contributed by atoms with Gasteiger partial charge in [0, 0.05) is 11.1 Å². The highest BCUT2D eigenvalue weighted by Crippen LogP contribution is 2.21. The molecule has 0 radical (unpaired) electrons. The Bertz CT molecular complexity index is 1070. The monoisotopic (exact) mass is 388 g/mol. The second-order valence-electron chi connectivity index (χ2n) is 5.69. The minimum Gasteiger partial charge on any atom is -0.319 e. The van der Waals surface area contributed by atoms with Crippen LogP contribution < -0.4 is 10.6 Å². The second kappa shape index (κ2) is 7.91. The van der Waals surface area contributed by atoms with Crippen LogP contribution in [0.5, 0.6) is 0 Å². The average molecular weight is 388 g/mol. The van der Waals surface area contributed by atoms with Crippen LogP contribution in [0.15, 0.2) is 60.7 Å². The smallest absolute Gasteiger partial charge is 0.255 e. The van der Waals surface area contributed by atoms with Crippen molar-refractivity contribution in [3.8, 4) is 0 Å². The number of benzene rings is 3. The van der Waals surface area contributed by atoms with Gasteiger partial charge in [-0.2, -0.15) is 0 Å². The summed E-state index contributed by atoms with van der Waals surface area (Å²) in [6.07, 6.45) is 0. The van der Waals surface area contributed by atoms with Crippen molar-refractivity contribution in [2.24, 2.45) is 0 Å². The molecule has 3 aromatic carbocycles. The van der Waals surface area contributed by atoms with Crippen LogP contribution in [0.1, 0.15) is 20.7 Å². The largest absolute Gasteiger partial charge is 0.319 e. The molecule has 0 fully saturated rings. The number of carbonyl (C=O) groups excluding carboxylic acids is 2. The van der Waals surface area contributed by atoms with Gasteiger partial charge in [-0.1, -0.05) is 18.2 Å². The molecule has 2 N–H and O–H groups in total. The van der Waals surface area contributed by atoms with Gasteiger partial charge in [-0.15, -0.1) is 0 Å². The maximum atomic E-state index is 13.7. The normalized spacial score (nSPS) is 10.4. The van der Waals surface area contributed by atoms with Crippen LogP contribution in [-0.4, -0.2) is 11.8 Å². The second-order valence-corrected chi connectivity index (χ2v) is 5.69. The minimum absolute atomic E-state index is 0.0359. The lowest BCUT2D eigenvalue weighted by atomic mass is 10.1. The van der Waals surface area contributed by atoms with E-state index in [1.54, 1.807) is 6.07 Å². The Kier molecular flexibility index (Phi) is 5.39. The molecule has 3 rings (SSSR count). The molecule has 0 saturated carbocycles. The van der Waals surface area contributed by atoms with E-state index in [9.17, 15) is 27.2 Å². The van der Waals surface area contributed by atoms with E-state index in [2.05, 4.69) is 10.6 Å². The van der Waals surface area contributed by atoms with Gasteiger partial charge in [0.2, 0.25) is 0 Å². The van der Waals surface area contributed by atoms with Crippen LogP contribution in [0.4, 0.5) is 28.9 Å². The molecule has 0 spiro atoms. The Labute approximate surface area is 156 Å². The number of hydrogen-bond acceptors (Lipinski definition) is 2. The third-order valence-corrected chi connectivity index (χ3v) is 3.79. The standard InChI is InChI=1S/C20H12F4N2O2/c21-13-6-1-2-7-15(13)25-19(27)11-4-3-5-12(10-11)20(28)26-16-9-8-14(22)17(23)18(16)24/h1-10H,(H,25,27)(H,26,28). The Morgan fingerprint density at radius 2 is 1.21 bits per heavy atom. The van der Waals surface area contributed by atoms with Crippen LogP contribution in [0.3, 0.4) is 0 Å². The molecule has 0 aliphatic heterocycles. The van der Waals surface area contributed by atoms with Crippen molar-refractivity contribution >= 4 is 23.2 Å². The number of anilines is 2. The van der Waals surface area contributed by atoms with Crippen molar-refractivity contribution in [1.82, 2.24) is 0 Å². The van der Waals surface area contributed by atoms with Gasteiger partial charge in [-0.25, -0.2) is 17.6 Å².